The lowest BCUT2D eigenvalue weighted by atomic mass is 9.93. The van der Waals surface area contributed by atoms with Gasteiger partial charge in [-0.15, -0.1) is 0 Å². The predicted octanol–water partition coefficient (Wildman–Crippen LogP) is 3.56. The maximum absolute atomic E-state index is 13.8. The van der Waals surface area contributed by atoms with E-state index in [-0.39, 0.29) is 23.5 Å². The minimum atomic E-state index is -0.431. The number of anilines is 2. The van der Waals surface area contributed by atoms with Crippen LogP contribution < -0.4 is 15.8 Å². The van der Waals surface area contributed by atoms with E-state index in [0.29, 0.717) is 12.3 Å². The topological polar surface area (TPSA) is 56.5 Å². The van der Waals surface area contributed by atoms with Gasteiger partial charge in [0.05, 0.1) is 23.1 Å². The molecule has 1 atom stereocenters. The molecule has 3 N–H and O–H groups in total. The largest absolute Gasteiger partial charge is 0.488 e. The fraction of sp³-hybridized carbons (Fsp3) is 0.625. The van der Waals surface area contributed by atoms with Gasteiger partial charge in [0.15, 0.2) is 11.6 Å². The van der Waals surface area contributed by atoms with Gasteiger partial charge in [0.25, 0.3) is 0 Å². The molecule has 0 aromatic heterocycles. The van der Waals surface area contributed by atoms with E-state index in [1.54, 1.807) is 6.07 Å². The second-order valence-electron chi connectivity index (χ2n) is 6.48. The van der Waals surface area contributed by atoms with Crippen molar-refractivity contribution >= 4 is 11.4 Å². The first-order chi connectivity index (χ1) is 9.77. The molecule has 0 aliphatic carbocycles. The van der Waals surface area contributed by atoms with Crippen LogP contribution in [-0.4, -0.2) is 24.4 Å². The lowest BCUT2D eigenvalue weighted by Gasteiger charge is -2.36. The lowest BCUT2D eigenvalue weighted by Crippen LogP contribution is -2.40. The molecule has 1 aliphatic heterocycles. The Balaban J connectivity index is 2.15. The summed E-state index contributed by atoms with van der Waals surface area (Å²) in [7, 11) is 0. The van der Waals surface area contributed by atoms with E-state index >= 15 is 0 Å². The zero-order valence-corrected chi connectivity index (χ0v) is 13.2. The van der Waals surface area contributed by atoms with E-state index in [2.05, 4.69) is 19.2 Å². The van der Waals surface area contributed by atoms with Crippen molar-refractivity contribution < 1.29 is 13.9 Å². The Hall–Kier alpha value is -1.49. The molecule has 0 spiro atoms. The summed E-state index contributed by atoms with van der Waals surface area (Å²) in [6, 6.07) is 3.21. The van der Waals surface area contributed by atoms with Crippen molar-refractivity contribution in [3.63, 3.8) is 0 Å². The van der Waals surface area contributed by atoms with Crippen LogP contribution in [0.2, 0.25) is 0 Å². The summed E-state index contributed by atoms with van der Waals surface area (Å²) in [6.45, 7) is 8.58. The Labute approximate surface area is 125 Å². The molecule has 21 heavy (non-hydrogen) atoms. The van der Waals surface area contributed by atoms with Crippen molar-refractivity contribution in [3.05, 3.63) is 17.9 Å². The minimum Gasteiger partial charge on any atom is -0.488 e. The van der Waals surface area contributed by atoms with Crippen LogP contribution in [0.5, 0.6) is 5.75 Å². The van der Waals surface area contributed by atoms with E-state index in [0.717, 1.165) is 18.5 Å². The fourth-order valence-corrected chi connectivity index (χ4v) is 2.61. The molecular formula is C16H25FN2O2. The van der Waals surface area contributed by atoms with E-state index in [1.807, 2.05) is 13.8 Å². The number of nitrogens with two attached hydrogens (primary N) is 1. The molecular weight excluding hydrogens is 271 g/mol. The number of hydrogen-bond acceptors (Lipinski definition) is 4. The van der Waals surface area contributed by atoms with E-state index in [4.69, 9.17) is 15.2 Å². The number of ether oxygens (including phenoxy) is 2. The van der Waals surface area contributed by atoms with Crippen molar-refractivity contribution in [1.82, 2.24) is 0 Å². The summed E-state index contributed by atoms with van der Waals surface area (Å²) in [5.41, 5.74) is 6.88. The van der Waals surface area contributed by atoms with Crippen molar-refractivity contribution in [3.8, 4) is 5.75 Å². The van der Waals surface area contributed by atoms with Gasteiger partial charge in [-0.25, -0.2) is 4.39 Å². The van der Waals surface area contributed by atoms with E-state index < -0.39 is 5.82 Å². The number of benzene rings is 1. The first kappa shape index (κ1) is 15.9. The van der Waals surface area contributed by atoms with Gasteiger partial charge in [0, 0.05) is 24.8 Å². The third-order valence-electron chi connectivity index (χ3n) is 3.52. The summed E-state index contributed by atoms with van der Waals surface area (Å²) >= 11 is 0. The maximum atomic E-state index is 13.8. The first-order valence-electron chi connectivity index (χ1n) is 7.43. The van der Waals surface area contributed by atoms with Gasteiger partial charge in [-0.05, 0) is 40.5 Å². The molecule has 1 heterocycles. The van der Waals surface area contributed by atoms with Gasteiger partial charge in [0.2, 0.25) is 0 Å². The molecule has 0 radical (unpaired) electrons. The van der Waals surface area contributed by atoms with E-state index in [9.17, 15) is 4.39 Å². The van der Waals surface area contributed by atoms with Gasteiger partial charge in [-0.3, -0.25) is 0 Å². The third kappa shape index (κ3) is 4.24. The third-order valence-corrected chi connectivity index (χ3v) is 3.52. The fourth-order valence-electron chi connectivity index (χ4n) is 2.61. The van der Waals surface area contributed by atoms with Crippen molar-refractivity contribution in [1.29, 1.82) is 0 Å². The average molecular weight is 296 g/mol. The molecule has 0 amide bonds. The molecule has 1 aromatic carbocycles. The average Bonchev–Trinajstić information content (AvgIpc) is 2.33. The predicted molar refractivity (Wildman–Crippen MR) is 83.3 cm³/mol. The molecule has 1 aromatic rings. The Morgan fingerprint density at radius 3 is 2.76 bits per heavy atom. The van der Waals surface area contributed by atoms with Crippen LogP contribution in [0, 0.1) is 5.82 Å². The summed E-state index contributed by atoms with van der Waals surface area (Å²) < 4.78 is 25.0. The van der Waals surface area contributed by atoms with Gasteiger partial charge < -0.3 is 20.5 Å². The summed E-state index contributed by atoms with van der Waals surface area (Å²) in [6.07, 6.45) is 1.70. The normalized spacial score (nSPS) is 21.3. The number of nitrogen functional groups attached to an aromatic ring is 1. The van der Waals surface area contributed by atoms with E-state index in [1.165, 1.54) is 6.07 Å². The molecule has 118 valence electrons. The van der Waals surface area contributed by atoms with Crippen LogP contribution in [0.25, 0.3) is 0 Å². The number of hydrogen-bond donors (Lipinski definition) is 2. The standard InChI is InChI=1S/C16H25FN2O2/c1-10(2)21-15-8-14(13(18)7-12(15)17)19-11-5-6-20-16(3,4)9-11/h7-8,10-11,19H,5-6,9,18H2,1-4H3. The van der Waals surface area contributed by atoms with Gasteiger partial charge >= 0.3 is 0 Å². The second-order valence-corrected chi connectivity index (χ2v) is 6.48. The second kappa shape index (κ2) is 6.10. The number of rotatable bonds is 4. The van der Waals surface area contributed by atoms with Gasteiger partial charge in [-0.1, -0.05) is 0 Å². The molecule has 1 fully saturated rings. The highest BCUT2D eigenvalue weighted by Crippen LogP contribution is 2.32. The van der Waals surface area contributed by atoms with Crippen molar-refractivity contribution in [2.75, 3.05) is 17.7 Å². The highest BCUT2D eigenvalue weighted by molar-refractivity contribution is 5.69. The van der Waals surface area contributed by atoms with Crippen LogP contribution >= 0.6 is 0 Å². The van der Waals surface area contributed by atoms with Gasteiger partial charge in [-0.2, -0.15) is 0 Å². The summed E-state index contributed by atoms with van der Waals surface area (Å²) in [5.74, 6) is -0.202. The van der Waals surface area contributed by atoms with Crippen molar-refractivity contribution in [2.45, 2.75) is 58.3 Å². The smallest absolute Gasteiger partial charge is 0.167 e. The Morgan fingerprint density at radius 2 is 2.14 bits per heavy atom. The van der Waals surface area contributed by atoms with Crippen molar-refractivity contribution in [2.24, 2.45) is 0 Å². The molecule has 0 bridgehead atoms. The summed E-state index contributed by atoms with van der Waals surface area (Å²) in [5, 5.41) is 3.39. The van der Waals surface area contributed by atoms with Crippen LogP contribution in [0.1, 0.15) is 40.5 Å². The SMILES string of the molecule is CC(C)Oc1cc(NC2CCOC(C)(C)C2)c(N)cc1F. The quantitative estimate of drug-likeness (QED) is 0.834. The maximum Gasteiger partial charge on any atom is 0.167 e. The number of halogens is 1. The summed E-state index contributed by atoms with van der Waals surface area (Å²) in [4.78, 5) is 0. The minimum absolute atomic E-state index is 0.0852. The monoisotopic (exact) mass is 296 g/mol. The Morgan fingerprint density at radius 1 is 1.43 bits per heavy atom. The number of nitrogens with one attached hydrogen (secondary N) is 1. The highest BCUT2D eigenvalue weighted by Gasteiger charge is 2.29. The molecule has 2 rings (SSSR count). The highest BCUT2D eigenvalue weighted by atomic mass is 19.1. The Kier molecular flexibility index (Phi) is 4.61. The van der Waals surface area contributed by atoms with Crippen LogP contribution in [-0.2, 0) is 4.74 Å². The molecule has 4 nitrogen and oxygen atoms in total. The Bertz CT molecular complexity index is 503. The lowest BCUT2D eigenvalue weighted by molar-refractivity contribution is -0.0553. The van der Waals surface area contributed by atoms with Crippen LogP contribution in [0.15, 0.2) is 12.1 Å². The molecule has 1 aliphatic rings. The van der Waals surface area contributed by atoms with Gasteiger partial charge in [0.1, 0.15) is 0 Å². The molecule has 0 saturated carbocycles. The molecule has 1 unspecified atom stereocenters. The molecule has 5 heteroatoms. The molecule has 1 saturated heterocycles. The zero-order chi connectivity index (χ0) is 15.6. The van der Waals surface area contributed by atoms with Crippen LogP contribution in [0.3, 0.4) is 0 Å². The zero-order valence-electron chi connectivity index (χ0n) is 13.2. The first-order valence-corrected chi connectivity index (χ1v) is 7.43. The van der Waals surface area contributed by atoms with Crippen LogP contribution in [0.4, 0.5) is 15.8 Å².